The van der Waals surface area contributed by atoms with Crippen molar-refractivity contribution in [1.29, 1.82) is 0 Å². The number of rotatable bonds is 5. The highest BCUT2D eigenvalue weighted by Crippen LogP contribution is 2.27. The third-order valence-corrected chi connectivity index (χ3v) is 4.60. The molecule has 0 spiro atoms. The largest absolute Gasteiger partial charge is 0.449 e. The molecule has 1 aliphatic heterocycles. The molecule has 1 aromatic rings. The van der Waals surface area contributed by atoms with E-state index in [4.69, 9.17) is 4.74 Å². The van der Waals surface area contributed by atoms with Crippen LogP contribution in [0.3, 0.4) is 0 Å². The van der Waals surface area contributed by atoms with Crippen LogP contribution in [0.25, 0.3) is 0 Å². The molecular formula is C22H28O5. The van der Waals surface area contributed by atoms with E-state index in [1.54, 1.807) is 12.1 Å². The molecule has 0 saturated heterocycles. The summed E-state index contributed by atoms with van der Waals surface area (Å²) >= 11 is 0. The number of ketones is 2. The van der Waals surface area contributed by atoms with E-state index < -0.39 is 18.2 Å². The molecule has 2 atom stereocenters. The Morgan fingerprint density at radius 2 is 1.93 bits per heavy atom. The number of benzene rings is 1. The fourth-order valence-electron chi connectivity index (χ4n) is 3.25. The molecule has 1 aromatic carbocycles. The first-order valence-corrected chi connectivity index (χ1v) is 9.60. The van der Waals surface area contributed by atoms with Gasteiger partial charge in [-0.15, -0.1) is 0 Å². The van der Waals surface area contributed by atoms with E-state index in [0.29, 0.717) is 12.0 Å². The highest BCUT2D eigenvalue weighted by atomic mass is 16.5. The molecule has 146 valence electrons. The van der Waals surface area contributed by atoms with Crippen molar-refractivity contribution in [2.24, 2.45) is 0 Å². The van der Waals surface area contributed by atoms with E-state index in [2.05, 4.69) is 12.2 Å². The molecule has 0 saturated carbocycles. The molecule has 5 heteroatoms. The van der Waals surface area contributed by atoms with Crippen molar-refractivity contribution in [3.63, 3.8) is 0 Å². The van der Waals surface area contributed by atoms with Crippen LogP contribution in [0, 0.1) is 0 Å². The van der Waals surface area contributed by atoms with Gasteiger partial charge in [0.25, 0.3) is 0 Å². The van der Waals surface area contributed by atoms with E-state index in [0.717, 1.165) is 31.2 Å². The Kier molecular flexibility index (Phi) is 8.40. The number of aliphatic hydroxyl groups is 1. The number of cyclic esters (lactones) is 1. The van der Waals surface area contributed by atoms with Gasteiger partial charge in [0.15, 0.2) is 11.9 Å². The Hall–Kier alpha value is -2.27. The quantitative estimate of drug-likeness (QED) is 0.630. The second-order valence-corrected chi connectivity index (χ2v) is 7.07. The molecule has 5 nitrogen and oxygen atoms in total. The first kappa shape index (κ1) is 21.0. The molecule has 0 unspecified atom stereocenters. The van der Waals surface area contributed by atoms with Crippen LogP contribution in [-0.4, -0.2) is 28.7 Å². The van der Waals surface area contributed by atoms with Crippen molar-refractivity contribution < 1.29 is 24.2 Å². The summed E-state index contributed by atoms with van der Waals surface area (Å²) in [5.74, 6) is -0.979. The third kappa shape index (κ3) is 7.10. The van der Waals surface area contributed by atoms with Crippen molar-refractivity contribution in [1.82, 2.24) is 0 Å². The first-order chi connectivity index (χ1) is 13.0. The maximum Gasteiger partial charge on any atom is 0.306 e. The van der Waals surface area contributed by atoms with Crippen LogP contribution in [0.5, 0.6) is 0 Å². The van der Waals surface area contributed by atoms with E-state index >= 15 is 0 Å². The van der Waals surface area contributed by atoms with Gasteiger partial charge in [-0.05, 0) is 38.2 Å². The average molecular weight is 372 g/mol. The summed E-state index contributed by atoms with van der Waals surface area (Å²) in [5.41, 5.74) is 1.56. The van der Waals surface area contributed by atoms with Crippen molar-refractivity contribution in [2.75, 3.05) is 0 Å². The summed E-state index contributed by atoms with van der Waals surface area (Å²) in [6.07, 6.45) is 6.34. The molecule has 0 aliphatic carbocycles. The third-order valence-electron chi connectivity index (χ3n) is 4.60. The van der Waals surface area contributed by atoms with Gasteiger partial charge in [-0.3, -0.25) is 14.4 Å². The lowest BCUT2D eigenvalue weighted by molar-refractivity contribution is -0.156. The summed E-state index contributed by atoms with van der Waals surface area (Å²) in [4.78, 5) is 36.3. The monoisotopic (exact) mass is 372 g/mol. The van der Waals surface area contributed by atoms with Crippen LogP contribution in [0.15, 0.2) is 36.4 Å². The van der Waals surface area contributed by atoms with Crippen LogP contribution >= 0.6 is 0 Å². The van der Waals surface area contributed by atoms with Gasteiger partial charge in [-0.25, -0.2) is 0 Å². The minimum Gasteiger partial charge on any atom is -0.449 e. The number of aliphatic hydroxyl groups excluding tert-OH is 1. The Balaban J connectivity index is 2.28. The highest BCUT2D eigenvalue weighted by molar-refractivity contribution is 5.88. The molecule has 0 aromatic heterocycles. The minimum absolute atomic E-state index is 0.0865. The van der Waals surface area contributed by atoms with Gasteiger partial charge in [0, 0.05) is 24.8 Å². The number of fused-ring (bicyclic) bond motifs is 1. The normalized spacial score (nSPS) is 20.8. The number of carbonyl (C=O) groups excluding carboxylic acids is 3. The van der Waals surface area contributed by atoms with Gasteiger partial charge >= 0.3 is 5.97 Å². The lowest BCUT2D eigenvalue weighted by Gasteiger charge is -2.21. The predicted octanol–water partition coefficient (Wildman–Crippen LogP) is 3.63. The predicted molar refractivity (Wildman–Crippen MR) is 102 cm³/mol. The lowest BCUT2D eigenvalue weighted by atomic mass is 9.94. The van der Waals surface area contributed by atoms with Crippen LogP contribution in [0.1, 0.15) is 69.1 Å². The van der Waals surface area contributed by atoms with Gasteiger partial charge in [0.05, 0.1) is 6.10 Å². The molecule has 27 heavy (non-hydrogen) atoms. The topological polar surface area (TPSA) is 80.7 Å². The Labute approximate surface area is 160 Å². The second kappa shape index (κ2) is 10.8. The molecule has 1 N–H and O–H groups in total. The summed E-state index contributed by atoms with van der Waals surface area (Å²) in [6, 6.07) is 7.40. The van der Waals surface area contributed by atoms with Gasteiger partial charge < -0.3 is 9.84 Å². The van der Waals surface area contributed by atoms with Crippen LogP contribution < -0.4 is 0 Å². The van der Waals surface area contributed by atoms with Crippen molar-refractivity contribution in [2.45, 2.75) is 70.5 Å². The number of carbonyl (C=O) groups is 3. The van der Waals surface area contributed by atoms with E-state index in [9.17, 15) is 19.5 Å². The SMILES string of the molecule is CC(=O)C[C@H](O)CC(=O)[C@@H]1OC(=O)CCCCC/C=C/Cc2ccccc21. The number of ether oxygens (including phenoxy) is 1. The average Bonchev–Trinajstić information content (AvgIpc) is 2.62. The summed E-state index contributed by atoms with van der Waals surface area (Å²) < 4.78 is 5.55. The molecule has 0 amide bonds. The molecule has 2 rings (SSSR count). The number of hydrogen-bond acceptors (Lipinski definition) is 5. The van der Waals surface area contributed by atoms with Crippen molar-refractivity contribution in [3.05, 3.63) is 47.5 Å². The number of hydrogen-bond donors (Lipinski definition) is 1. The fourth-order valence-corrected chi connectivity index (χ4v) is 3.25. The molecule has 0 bridgehead atoms. The zero-order valence-corrected chi connectivity index (χ0v) is 15.9. The van der Waals surface area contributed by atoms with E-state index in [1.165, 1.54) is 6.92 Å². The van der Waals surface area contributed by atoms with Gasteiger partial charge in [-0.2, -0.15) is 0 Å². The van der Waals surface area contributed by atoms with Gasteiger partial charge in [-0.1, -0.05) is 42.8 Å². The maximum absolute atomic E-state index is 12.8. The zero-order valence-electron chi connectivity index (χ0n) is 15.9. The molecule has 0 radical (unpaired) electrons. The van der Waals surface area contributed by atoms with E-state index in [1.807, 2.05) is 12.1 Å². The number of Topliss-reactive ketones (excluding diaryl/α,β-unsaturated/α-hetero) is 2. The van der Waals surface area contributed by atoms with E-state index in [-0.39, 0.29) is 30.8 Å². The van der Waals surface area contributed by atoms with Gasteiger partial charge in [0.2, 0.25) is 0 Å². The second-order valence-electron chi connectivity index (χ2n) is 7.07. The summed E-state index contributed by atoms with van der Waals surface area (Å²) in [5, 5.41) is 9.99. The molecular weight excluding hydrogens is 344 g/mol. The minimum atomic E-state index is -1.06. The number of esters is 1. The van der Waals surface area contributed by atoms with Crippen molar-refractivity contribution >= 4 is 17.5 Å². The van der Waals surface area contributed by atoms with Crippen LogP contribution in [0.4, 0.5) is 0 Å². The van der Waals surface area contributed by atoms with Crippen LogP contribution in [0.2, 0.25) is 0 Å². The summed E-state index contributed by atoms with van der Waals surface area (Å²) in [6.45, 7) is 1.37. The Morgan fingerprint density at radius 3 is 2.70 bits per heavy atom. The smallest absolute Gasteiger partial charge is 0.306 e. The fraction of sp³-hybridized carbons (Fsp3) is 0.500. The Bertz CT molecular complexity index is 692. The zero-order chi connectivity index (χ0) is 19.6. The lowest BCUT2D eigenvalue weighted by Crippen LogP contribution is -2.25. The number of allylic oxidation sites excluding steroid dienone is 2. The molecule has 1 heterocycles. The van der Waals surface area contributed by atoms with Gasteiger partial charge in [0.1, 0.15) is 5.78 Å². The Morgan fingerprint density at radius 1 is 1.15 bits per heavy atom. The first-order valence-electron chi connectivity index (χ1n) is 9.60. The van der Waals surface area contributed by atoms with Crippen molar-refractivity contribution in [3.8, 4) is 0 Å². The maximum atomic E-state index is 12.8. The summed E-state index contributed by atoms with van der Waals surface area (Å²) in [7, 11) is 0. The van der Waals surface area contributed by atoms with Crippen LogP contribution in [-0.2, 0) is 25.5 Å². The highest BCUT2D eigenvalue weighted by Gasteiger charge is 2.28. The molecule has 1 aliphatic rings. The standard InChI is InChI=1S/C22H28O5/c1-16(23)14-18(24)15-20(25)22-19-12-9-8-11-17(19)10-6-4-2-3-5-7-13-21(26)27-22/h4,6,8-9,11-12,18,22,24H,2-3,5,7,10,13-15H2,1H3/b6-4+/t18-,22+/m0/s1. The molecule has 0 fully saturated rings.